The van der Waals surface area contributed by atoms with Gasteiger partial charge in [-0.25, -0.2) is 9.78 Å². The first-order valence-electron chi connectivity index (χ1n) is 6.10. The van der Waals surface area contributed by atoms with Gasteiger partial charge >= 0.3 is 5.97 Å². The van der Waals surface area contributed by atoms with Crippen molar-refractivity contribution in [2.24, 2.45) is 5.92 Å². The molecule has 0 saturated carbocycles. The monoisotopic (exact) mass is 268 g/mol. The van der Waals surface area contributed by atoms with E-state index in [1.165, 1.54) is 0 Å². The molecular weight excluding hydrogens is 248 g/mol. The van der Waals surface area contributed by atoms with Gasteiger partial charge in [0.05, 0.1) is 17.9 Å². The zero-order chi connectivity index (χ0) is 13.5. The maximum atomic E-state index is 11.7. The van der Waals surface area contributed by atoms with Gasteiger partial charge < -0.3 is 10.5 Å². The molecule has 0 aliphatic rings. The van der Waals surface area contributed by atoms with Gasteiger partial charge in [-0.15, -0.1) is 11.8 Å². The number of anilines is 1. The predicted molar refractivity (Wildman–Crippen MR) is 74.8 cm³/mol. The highest BCUT2D eigenvalue weighted by Gasteiger charge is 2.14. The molecule has 0 spiro atoms. The zero-order valence-electron chi connectivity index (χ0n) is 11.1. The number of hydrogen-bond acceptors (Lipinski definition) is 5. The van der Waals surface area contributed by atoms with E-state index >= 15 is 0 Å². The van der Waals surface area contributed by atoms with Gasteiger partial charge in [0.1, 0.15) is 5.03 Å². The predicted octanol–water partition coefficient (Wildman–Crippen LogP) is 2.98. The Morgan fingerprint density at radius 1 is 1.56 bits per heavy atom. The molecule has 0 aliphatic heterocycles. The van der Waals surface area contributed by atoms with E-state index in [0.717, 1.165) is 12.2 Å². The number of carbonyl (C=O) groups is 1. The van der Waals surface area contributed by atoms with Crippen LogP contribution in [0.3, 0.4) is 0 Å². The standard InChI is InChI=1S/C13H20N2O2S/c1-4-17-13(16)10-5-7-15-12(11(10)14)18-8-6-9(2)3/h5,7,9H,4,6,8,14H2,1-3H3. The summed E-state index contributed by atoms with van der Waals surface area (Å²) in [6.07, 6.45) is 2.69. The van der Waals surface area contributed by atoms with Gasteiger partial charge in [0.2, 0.25) is 0 Å². The van der Waals surface area contributed by atoms with Gasteiger partial charge in [0, 0.05) is 6.20 Å². The van der Waals surface area contributed by atoms with Crippen LogP contribution in [0.5, 0.6) is 0 Å². The van der Waals surface area contributed by atoms with Crippen LogP contribution in [0.25, 0.3) is 0 Å². The van der Waals surface area contributed by atoms with Crippen molar-refractivity contribution >= 4 is 23.4 Å². The minimum absolute atomic E-state index is 0.344. The molecule has 0 fully saturated rings. The Hall–Kier alpha value is -1.23. The molecule has 4 nitrogen and oxygen atoms in total. The van der Waals surface area contributed by atoms with Crippen LogP contribution in [-0.4, -0.2) is 23.3 Å². The van der Waals surface area contributed by atoms with Crippen LogP contribution in [-0.2, 0) is 4.74 Å². The van der Waals surface area contributed by atoms with E-state index in [0.29, 0.717) is 28.8 Å². The molecule has 1 aromatic rings. The Bertz CT molecular complexity index is 408. The maximum Gasteiger partial charge on any atom is 0.340 e. The average Bonchev–Trinajstić information content (AvgIpc) is 2.31. The third-order valence-corrected chi connectivity index (χ3v) is 3.42. The molecular formula is C13H20N2O2S. The lowest BCUT2D eigenvalue weighted by Crippen LogP contribution is -2.09. The third kappa shape index (κ3) is 4.22. The number of nitrogens with zero attached hydrogens (tertiary/aromatic N) is 1. The first kappa shape index (κ1) is 14.8. The second-order valence-electron chi connectivity index (χ2n) is 4.33. The van der Waals surface area contributed by atoms with Crippen molar-refractivity contribution in [3.05, 3.63) is 17.8 Å². The summed E-state index contributed by atoms with van der Waals surface area (Å²) in [5.41, 5.74) is 6.77. The van der Waals surface area contributed by atoms with Gasteiger partial charge in [-0.2, -0.15) is 0 Å². The highest BCUT2D eigenvalue weighted by Crippen LogP contribution is 2.27. The molecule has 5 heteroatoms. The summed E-state index contributed by atoms with van der Waals surface area (Å²) in [6.45, 7) is 6.46. The minimum atomic E-state index is -0.386. The molecule has 2 N–H and O–H groups in total. The van der Waals surface area contributed by atoms with Gasteiger partial charge in [-0.3, -0.25) is 0 Å². The quantitative estimate of drug-likeness (QED) is 0.634. The summed E-state index contributed by atoms with van der Waals surface area (Å²) in [5.74, 6) is 1.20. The number of pyridine rings is 1. The SMILES string of the molecule is CCOC(=O)c1ccnc(SCCC(C)C)c1N. The van der Waals surface area contributed by atoms with Crippen molar-refractivity contribution in [1.82, 2.24) is 4.98 Å². The summed E-state index contributed by atoms with van der Waals surface area (Å²) in [4.78, 5) is 15.9. The smallest absolute Gasteiger partial charge is 0.340 e. The summed E-state index contributed by atoms with van der Waals surface area (Å²) >= 11 is 1.58. The largest absolute Gasteiger partial charge is 0.462 e. The van der Waals surface area contributed by atoms with E-state index < -0.39 is 0 Å². The molecule has 0 atom stereocenters. The average molecular weight is 268 g/mol. The van der Waals surface area contributed by atoms with E-state index in [2.05, 4.69) is 18.8 Å². The van der Waals surface area contributed by atoms with Crippen molar-refractivity contribution in [3.8, 4) is 0 Å². The third-order valence-electron chi connectivity index (χ3n) is 2.38. The second-order valence-corrected chi connectivity index (χ2v) is 5.41. The van der Waals surface area contributed by atoms with E-state index in [1.807, 2.05) is 0 Å². The number of nitrogens with two attached hydrogens (primary N) is 1. The van der Waals surface area contributed by atoms with Crippen molar-refractivity contribution in [1.29, 1.82) is 0 Å². The Balaban J connectivity index is 2.75. The van der Waals surface area contributed by atoms with Gasteiger partial charge in [-0.1, -0.05) is 13.8 Å². The molecule has 18 heavy (non-hydrogen) atoms. The molecule has 0 aliphatic carbocycles. The van der Waals surface area contributed by atoms with E-state index in [-0.39, 0.29) is 5.97 Å². The maximum absolute atomic E-state index is 11.7. The topological polar surface area (TPSA) is 65.2 Å². The minimum Gasteiger partial charge on any atom is -0.462 e. The van der Waals surface area contributed by atoms with Gasteiger partial charge in [-0.05, 0) is 31.1 Å². The molecule has 0 bridgehead atoms. The Morgan fingerprint density at radius 2 is 2.28 bits per heavy atom. The van der Waals surface area contributed by atoms with Crippen molar-refractivity contribution in [3.63, 3.8) is 0 Å². The number of nitrogen functional groups attached to an aromatic ring is 1. The van der Waals surface area contributed by atoms with Crippen LogP contribution in [0.4, 0.5) is 5.69 Å². The van der Waals surface area contributed by atoms with Gasteiger partial charge in [0.25, 0.3) is 0 Å². The second kappa shape index (κ2) is 7.26. The number of hydrogen-bond donors (Lipinski definition) is 1. The van der Waals surface area contributed by atoms with Crippen molar-refractivity contribution in [2.75, 3.05) is 18.1 Å². The lowest BCUT2D eigenvalue weighted by atomic mass is 10.2. The first-order chi connectivity index (χ1) is 8.56. The fourth-order valence-corrected chi connectivity index (χ4v) is 2.53. The Labute approximate surface area is 112 Å². The fourth-order valence-electron chi connectivity index (χ4n) is 1.35. The lowest BCUT2D eigenvalue weighted by Gasteiger charge is -2.09. The summed E-state index contributed by atoms with van der Waals surface area (Å²) in [7, 11) is 0. The number of ether oxygens (including phenoxy) is 1. The highest BCUT2D eigenvalue weighted by molar-refractivity contribution is 7.99. The summed E-state index contributed by atoms with van der Waals surface area (Å²) in [6, 6.07) is 1.60. The highest BCUT2D eigenvalue weighted by atomic mass is 32.2. The molecule has 100 valence electrons. The molecule has 0 saturated heterocycles. The van der Waals surface area contributed by atoms with E-state index in [9.17, 15) is 4.79 Å². The summed E-state index contributed by atoms with van der Waals surface area (Å²) < 4.78 is 4.95. The Morgan fingerprint density at radius 3 is 2.89 bits per heavy atom. The number of aromatic nitrogens is 1. The number of carbonyl (C=O) groups excluding carboxylic acids is 1. The fraction of sp³-hybridized carbons (Fsp3) is 0.538. The van der Waals surface area contributed by atoms with Crippen LogP contribution in [0.1, 0.15) is 37.6 Å². The molecule has 0 unspecified atom stereocenters. The Kier molecular flexibility index (Phi) is 5.98. The van der Waals surface area contributed by atoms with Crippen LogP contribution in [0, 0.1) is 5.92 Å². The molecule has 0 amide bonds. The van der Waals surface area contributed by atoms with Crippen LogP contribution >= 0.6 is 11.8 Å². The van der Waals surface area contributed by atoms with Crippen LogP contribution < -0.4 is 5.73 Å². The van der Waals surface area contributed by atoms with E-state index in [1.54, 1.807) is 30.9 Å². The number of rotatable bonds is 6. The summed E-state index contributed by atoms with van der Waals surface area (Å²) in [5, 5.41) is 0.709. The van der Waals surface area contributed by atoms with Crippen LogP contribution in [0.15, 0.2) is 17.3 Å². The normalized spacial score (nSPS) is 10.7. The zero-order valence-corrected chi connectivity index (χ0v) is 11.9. The number of thioether (sulfide) groups is 1. The molecule has 0 aromatic carbocycles. The molecule has 1 aromatic heterocycles. The number of esters is 1. The van der Waals surface area contributed by atoms with E-state index in [4.69, 9.17) is 10.5 Å². The lowest BCUT2D eigenvalue weighted by molar-refractivity contribution is 0.0527. The first-order valence-corrected chi connectivity index (χ1v) is 7.09. The molecule has 1 rings (SSSR count). The molecule has 1 heterocycles. The molecule has 0 radical (unpaired) electrons. The van der Waals surface area contributed by atoms with Gasteiger partial charge in [0.15, 0.2) is 0 Å². The van der Waals surface area contributed by atoms with Crippen LogP contribution in [0.2, 0.25) is 0 Å². The van der Waals surface area contributed by atoms with Crippen molar-refractivity contribution in [2.45, 2.75) is 32.2 Å². The van der Waals surface area contributed by atoms with Crippen molar-refractivity contribution < 1.29 is 9.53 Å².